The lowest BCUT2D eigenvalue weighted by atomic mass is 10.2. The minimum absolute atomic E-state index is 0.545. The number of nitrogens with zero attached hydrogens (tertiary/aromatic N) is 4. The number of aryl methyl sites for hydroxylation is 1. The van der Waals surface area contributed by atoms with Gasteiger partial charge >= 0.3 is 0 Å². The molecule has 7 nitrogen and oxygen atoms in total. The number of ether oxygens (including phenoxy) is 2. The maximum atomic E-state index is 5.96. The molecule has 0 aliphatic heterocycles. The first kappa shape index (κ1) is 20.7. The zero-order valence-corrected chi connectivity index (χ0v) is 18.2. The van der Waals surface area contributed by atoms with Crippen LogP contribution in [0, 0.1) is 6.92 Å². The third-order valence-electron chi connectivity index (χ3n) is 5.11. The van der Waals surface area contributed by atoms with Crippen LogP contribution in [0.15, 0.2) is 65.3 Å². The van der Waals surface area contributed by atoms with Crippen LogP contribution in [0.25, 0.3) is 17.1 Å². The SMILES string of the molecule is COc1ccc(-c2nc(CN(C)Cc3ccc(-n4cccn4)cc3)c(C)o2)c(OC)c1. The fraction of sp³-hybridized carbons (Fsp3) is 0.250. The Hall–Kier alpha value is -3.58. The van der Waals surface area contributed by atoms with E-state index in [-0.39, 0.29) is 0 Å². The Morgan fingerprint density at radius 2 is 1.84 bits per heavy atom. The summed E-state index contributed by atoms with van der Waals surface area (Å²) in [6, 6.07) is 15.9. The predicted molar refractivity (Wildman–Crippen MR) is 119 cm³/mol. The Balaban J connectivity index is 1.46. The zero-order chi connectivity index (χ0) is 21.8. The highest BCUT2D eigenvalue weighted by Crippen LogP contribution is 2.33. The number of methoxy groups -OCH3 is 2. The summed E-state index contributed by atoms with van der Waals surface area (Å²) in [7, 11) is 5.33. The van der Waals surface area contributed by atoms with Gasteiger partial charge in [-0.15, -0.1) is 0 Å². The van der Waals surface area contributed by atoms with Crippen LogP contribution in [0.2, 0.25) is 0 Å². The van der Waals surface area contributed by atoms with Crippen molar-refractivity contribution in [3.8, 4) is 28.6 Å². The Morgan fingerprint density at radius 3 is 2.52 bits per heavy atom. The van der Waals surface area contributed by atoms with Gasteiger partial charge in [0.15, 0.2) is 0 Å². The molecule has 2 aromatic heterocycles. The molecule has 0 saturated carbocycles. The number of hydrogen-bond acceptors (Lipinski definition) is 6. The average Bonchev–Trinajstić information content (AvgIpc) is 3.44. The number of benzene rings is 2. The van der Waals surface area contributed by atoms with E-state index in [2.05, 4.69) is 41.3 Å². The smallest absolute Gasteiger partial charge is 0.230 e. The van der Waals surface area contributed by atoms with Gasteiger partial charge in [0.1, 0.15) is 17.3 Å². The van der Waals surface area contributed by atoms with Crippen molar-refractivity contribution in [3.05, 3.63) is 77.9 Å². The molecule has 0 bridgehead atoms. The number of aromatic nitrogens is 3. The van der Waals surface area contributed by atoms with Crippen molar-refractivity contribution < 1.29 is 13.9 Å². The van der Waals surface area contributed by atoms with E-state index in [9.17, 15) is 0 Å². The molecule has 0 aliphatic rings. The van der Waals surface area contributed by atoms with Crippen LogP contribution >= 0.6 is 0 Å². The molecule has 160 valence electrons. The van der Waals surface area contributed by atoms with Gasteiger partial charge in [0.2, 0.25) is 5.89 Å². The molecule has 0 radical (unpaired) electrons. The molecule has 0 amide bonds. The molecule has 0 aliphatic carbocycles. The third-order valence-corrected chi connectivity index (χ3v) is 5.11. The van der Waals surface area contributed by atoms with Crippen LogP contribution in [0.4, 0.5) is 0 Å². The molecule has 0 saturated heterocycles. The predicted octanol–water partition coefficient (Wildman–Crippen LogP) is 4.48. The van der Waals surface area contributed by atoms with E-state index in [0.29, 0.717) is 18.2 Å². The molecule has 0 N–H and O–H groups in total. The largest absolute Gasteiger partial charge is 0.497 e. The summed E-state index contributed by atoms with van der Waals surface area (Å²) in [5.41, 5.74) is 3.97. The number of rotatable bonds is 8. The van der Waals surface area contributed by atoms with Gasteiger partial charge in [-0.1, -0.05) is 12.1 Å². The first-order chi connectivity index (χ1) is 15.1. The Bertz CT molecular complexity index is 1130. The molecule has 0 atom stereocenters. The second kappa shape index (κ2) is 9.06. The minimum Gasteiger partial charge on any atom is -0.497 e. The second-order valence-corrected chi connectivity index (χ2v) is 7.38. The van der Waals surface area contributed by atoms with Crippen LogP contribution in [0.1, 0.15) is 17.0 Å². The molecule has 4 rings (SSSR count). The summed E-state index contributed by atoms with van der Waals surface area (Å²) in [5, 5.41) is 4.26. The second-order valence-electron chi connectivity index (χ2n) is 7.38. The lowest BCUT2D eigenvalue weighted by molar-refractivity contribution is 0.313. The van der Waals surface area contributed by atoms with Crippen molar-refractivity contribution in [2.75, 3.05) is 21.3 Å². The van der Waals surface area contributed by atoms with Crippen LogP contribution in [0.3, 0.4) is 0 Å². The molecule has 2 aromatic carbocycles. The molecule has 0 fully saturated rings. The zero-order valence-electron chi connectivity index (χ0n) is 18.2. The lowest BCUT2D eigenvalue weighted by Gasteiger charge is -2.16. The molecule has 0 spiro atoms. The topological polar surface area (TPSA) is 65.5 Å². The molecule has 7 heteroatoms. The molecule has 31 heavy (non-hydrogen) atoms. The Morgan fingerprint density at radius 1 is 1.03 bits per heavy atom. The molecule has 0 unspecified atom stereocenters. The highest BCUT2D eigenvalue weighted by atomic mass is 16.5. The van der Waals surface area contributed by atoms with Gasteiger partial charge in [-0.2, -0.15) is 5.10 Å². The first-order valence-electron chi connectivity index (χ1n) is 10.0. The van der Waals surface area contributed by atoms with E-state index < -0.39 is 0 Å². The van der Waals surface area contributed by atoms with E-state index in [1.165, 1.54) is 5.56 Å². The number of oxazole rings is 1. The minimum atomic E-state index is 0.545. The Labute approximate surface area is 181 Å². The normalized spacial score (nSPS) is 11.1. The molecule has 4 aromatic rings. The fourth-order valence-electron chi connectivity index (χ4n) is 3.46. The van der Waals surface area contributed by atoms with Crippen molar-refractivity contribution >= 4 is 0 Å². The lowest BCUT2D eigenvalue weighted by Crippen LogP contribution is -2.18. The molecular formula is C24H26N4O3. The van der Waals surface area contributed by atoms with E-state index in [1.807, 2.05) is 42.1 Å². The summed E-state index contributed by atoms with van der Waals surface area (Å²) >= 11 is 0. The monoisotopic (exact) mass is 418 g/mol. The van der Waals surface area contributed by atoms with Gasteiger partial charge in [-0.25, -0.2) is 9.67 Å². The van der Waals surface area contributed by atoms with E-state index in [1.54, 1.807) is 20.4 Å². The van der Waals surface area contributed by atoms with Gasteiger partial charge in [0, 0.05) is 31.5 Å². The van der Waals surface area contributed by atoms with Crippen LogP contribution in [-0.2, 0) is 13.1 Å². The van der Waals surface area contributed by atoms with Gasteiger partial charge in [-0.3, -0.25) is 4.90 Å². The van der Waals surface area contributed by atoms with Crippen LogP contribution in [0.5, 0.6) is 11.5 Å². The average molecular weight is 418 g/mol. The highest BCUT2D eigenvalue weighted by Gasteiger charge is 2.17. The molecule has 2 heterocycles. The van der Waals surface area contributed by atoms with Gasteiger partial charge in [0.25, 0.3) is 0 Å². The number of hydrogen-bond donors (Lipinski definition) is 0. The Kier molecular flexibility index (Phi) is 6.04. The summed E-state index contributed by atoms with van der Waals surface area (Å²) in [6.07, 6.45) is 3.71. The third kappa shape index (κ3) is 4.62. The van der Waals surface area contributed by atoms with Crippen molar-refractivity contribution in [2.24, 2.45) is 0 Å². The first-order valence-corrected chi connectivity index (χ1v) is 10.0. The summed E-state index contributed by atoms with van der Waals surface area (Å²) in [5.74, 6) is 2.73. The van der Waals surface area contributed by atoms with E-state index >= 15 is 0 Å². The van der Waals surface area contributed by atoms with Crippen molar-refractivity contribution in [2.45, 2.75) is 20.0 Å². The summed E-state index contributed by atoms with van der Waals surface area (Å²) < 4.78 is 18.6. The van der Waals surface area contributed by atoms with Crippen molar-refractivity contribution in [3.63, 3.8) is 0 Å². The standard InChI is InChI=1S/C24H26N4O3/c1-17-22(26-24(31-17)21-11-10-20(29-3)14-23(21)30-4)16-27(2)15-18-6-8-19(9-7-18)28-13-5-12-25-28/h5-14H,15-16H2,1-4H3. The van der Waals surface area contributed by atoms with Gasteiger partial charge < -0.3 is 13.9 Å². The quantitative estimate of drug-likeness (QED) is 0.420. The molecular weight excluding hydrogens is 392 g/mol. The highest BCUT2D eigenvalue weighted by molar-refractivity contribution is 5.65. The van der Waals surface area contributed by atoms with Crippen molar-refractivity contribution in [1.82, 2.24) is 19.7 Å². The van der Waals surface area contributed by atoms with E-state index in [4.69, 9.17) is 18.9 Å². The fourth-order valence-corrected chi connectivity index (χ4v) is 3.46. The van der Waals surface area contributed by atoms with Gasteiger partial charge in [0.05, 0.1) is 31.2 Å². The van der Waals surface area contributed by atoms with Crippen LogP contribution in [-0.4, -0.2) is 40.9 Å². The van der Waals surface area contributed by atoms with Crippen molar-refractivity contribution in [1.29, 1.82) is 0 Å². The van der Waals surface area contributed by atoms with E-state index in [0.717, 1.165) is 35.0 Å². The maximum absolute atomic E-state index is 5.96. The summed E-state index contributed by atoms with van der Waals surface area (Å²) in [6.45, 7) is 3.41. The van der Waals surface area contributed by atoms with Crippen LogP contribution < -0.4 is 9.47 Å². The maximum Gasteiger partial charge on any atom is 0.230 e. The summed E-state index contributed by atoms with van der Waals surface area (Å²) in [4.78, 5) is 6.94. The van der Waals surface area contributed by atoms with Gasteiger partial charge in [-0.05, 0) is 49.9 Å².